The molecule has 0 bridgehead atoms. The van der Waals surface area contributed by atoms with Gasteiger partial charge in [-0.3, -0.25) is 14.4 Å². The van der Waals surface area contributed by atoms with Crippen LogP contribution in [0.3, 0.4) is 0 Å². The predicted molar refractivity (Wildman–Crippen MR) is 79.1 cm³/mol. The van der Waals surface area contributed by atoms with Crippen LogP contribution >= 0.6 is 0 Å². The summed E-state index contributed by atoms with van der Waals surface area (Å²) in [6.07, 6.45) is 1.07. The van der Waals surface area contributed by atoms with Gasteiger partial charge < -0.3 is 15.7 Å². The monoisotopic (exact) mass is 310 g/mol. The summed E-state index contributed by atoms with van der Waals surface area (Å²) in [6, 6.07) is 3.08. The van der Waals surface area contributed by atoms with Crippen molar-refractivity contribution >= 4 is 23.5 Å². The van der Waals surface area contributed by atoms with Crippen LogP contribution in [-0.4, -0.2) is 28.9 Å². The normalized spacial score (nSPS) is 11.6. The Hall–Kier alpha value is -2.44. The van der Waals surface area contributed by atoms with Crippen LogP contribution < -0.4 is 10.6 Å². The van der Waals surface area contributed by atoms with Crippen LogP contribution in [0.2, 0.25) is 0 Å². The zero-order chi connectivity index (χ0) is 16.7. The first-order chi connectivity index (χ1) is 10.3. The molecule has 0 fully saturated rings. The zero-order valence-electron chi connectivity index (χ0n) is 12.5. The molecule has 0 aliphatic carbocycles. The second kappa shape index (κ2) is 8.11. The third-order valence-corrected chi connectivity index (χ3v) is 2.93. The van der Waals surface area contributed by atoms with E-state index in [9.17, 15) is 18.8 Å². The van der Waals surface area contributed by atoms with Gasteiger partial charge >= 0.3 is 5.97 Å². The molecule has 1 aromatic carbocycles. The molecular formula is C15H19FN2O4. The molecule has 1 aromatic rings. The van der Waals surface area contributed by atoms with E-state index in [0.717, 1.165) is 12.5 Å². The van der Waals surface area contributed by atoms with Crippen molar-refractivity contribution < 1.29 is 23.9 Å². The summed E-state index contributed by atoms with van der Waals surface area (Å²) < 4.78 is 13.5. The van der Waals surface area contributed by atoms with Gasteiger partial charge in [0.25, 0.3) is 5.91 Å². The fraction of sp³-hybridized carbons (Fsp3) is 0.400. The number of anilines is 1. The van der Waals surface area contributed by atoms with Gasteiger partial charge in [-0.1, -0.05) is 13.3 Å². The fourth-order valence-corrected chi connectivity index (χ4v) is 2.01. The summed E-state index contributed by atoms with van der Waals surface area (Å²) in [4.78, 5) is 33.9. The standard InChI is InChI=1S/C15H19FN2O4/c1-3-4-11(8-14(20)21)18-15(22)10-5-6-12(16)13(7-10)17-9(2)19/h5-7,11H,3-4,8H2,1-2H3,(H,17,19)(H,18,22)(H,20,21). The molecule has 0 saturated heterocycles. The summed E-state index contributed by atoms with van der Waals surface area (Å²) >= 11 is 0. The average molecular weight is 310 g/mol. The Morgan fingerprint density at radius 2 is 2.00 bits per heavy atom. The largest absolute Gasteiger partial charge is 0.481 e. The summed E-state index contributed by atoms with van der Waals surface area (Å²) in [5.74, 6) is -2.61. The third-order valence-electron chi connectivity index (χ3n) is 2.93. The van der Waals surface area contributed by atoms with Crippen LogP contribution in [0, 0.1) is 5.82 Å². The number of aliphatic carboxylic acids is 1. The highest BCUT2D eigenvalue weighted by Crippen LogP contribution is 2.16. The van der Waals surface area contributed by atoms with Crippen LogP contribution in [0.1, 0.15) is 43.5 Å². The second-order valence-corrected chi connectivity index (χ2v) is 4.93. The number of nitrogens with one attached hydrogen (secondary N) is 2. The topological polar surface area (TPSA) is 95.5 Å². The van der Waals surface area contributed by atoms with E-state index in [-0.39, 0.29) is 17.7 Å². The van der Waals surface area contributed by atoms with E-state index in [4.69, 9.17) is 5.11 Å². The number of halogens is 1. The van der Waals surface area contributed by atoms with Crippen molar-refractivity contribution in [2.75, 3.05) is 5.32 Å². The van der Waals surface area contributed by atoms with Gasteiger partial charge in [-0.15, -0.1) is 0 Å². The molecule has 0 saturated carbocycles. The molecule has 1 rings (SSSR count). The van der Waals surface area contributed by atoms with Crippen molar-refractivity contribution in [1.82, 2.24) is 5.32 Å². The lowest BCUT2D eigenvalue weighted by molar-refractivity contribution is -0.137. The van der Waals surface area contributed by atoms with Crippen LogP contribution in [-0.2, 0) is 9.59 Å². The molecule has 0 heterocycles. The quantitative estimate of drug-likeness (QED) is 0.719. The average Bonchev–Trinajstić information content (AvgIpc) is 2.40. The molecule has 120 valence electrons. The summed E-state index contributed by atoms with van der Waals surface area (Å²) in [5.41, 5.74) is 0.0575. The van der Waals surface area contributed by atoms with Crippen molar-refractivity contribution in [3.05, 3.63) is 29.6 Å². The smallest absolute Gasteiger partial charge is 0.305 e. The van der Waals surface area contributed by atoms with Gasteiger partial charge in [0.15, 0.2) is 0 Å². The van der Waals surface area contributed by atoms with E-state index in [1.807, 2.05) is 6.92 Å². The van der Waals surface area contributed by atoms with Gasteiger partial charge in [-0.05, 0) is 24.6 Å². The Labute approximate surface area is 127 Å². The molecule has 2 amide bonds. The molecule has 1 unspecified atom stereocenters. The van der Waals surface area contributed by atoms with E-state index in [1.165, 1.54) is 19.1 Å². The van der Waals surface area contributed by atoms with Crippen LogP contribution in [0.15, 0.2) is 18.2 Å². The molecule has 0 aliphatic heterocycles. The highest BCUT2D eigenvalue weighted by Gasteiger charge is 2.17. The fourth-order valence-electron chi connectivity index (χ4n) is 2.01. The number of carboxylic acids is 1. The molecule has 22 heavy (non-hydrogen) atoms. The molecule has 1 atom stereocenters. The molecular weight excluding hydrogens is 291 g/mol. The van der Waals surface area contributed by atoms with Gasteiger partial charge in [-0.2, -0.15) is 0 Å². The van der Waals surface area contributed by atoms with E-state index in [1.54, 1.807) is 0 Å². The molecule has 0 aliphatic rings. The number of hydrogen-bond acceptors (Lipinski definition) is 3. The molecule has 7 heteroatoms. The van der Waals surface area contributed by atoms with Crippen molar-refractivity contribution in [2.24, 2.45) is 0 Å². The van der Waals surface area contributed by atoms with Gasteiger partial charge in [0.05, 0.1) is 12.1 Å². The van der Waals surface area contributed by atoms with Gasteiger partial charge in [0.2, 0.25) is 5.91 Å². The second-order valence-electron chi connectivity index (χ2n) is 4.93. The highest BCUT2D eigenvalue weighted by molar-refractivity contribution is 5.97. The number of hydrogen-bond donors (Lipinski definition) is 3. The Balaban J connectivity index is 2.87. The number of carbonyl (C=O) groups is 3. The summed E-state index contributed by atoms with van der Waals surface area (Å²) in [6.45, 7) is 3.12. The van der Waals surface area contributed by atoms with Crippen molar-refractivity contribution in [2.45, 2.75) is 39.2 Å². The Bertz CT molecular complexity index is 575. The Morgan fingerprint density at radius 3 is 2.55 bits per heavy atom. The van der Waals surface area contributed by atoms with Gasteiger partial charge in [0.1, 0.15) is 5.82 Å². The maximum absolute atomic E-state index is 13.5. The number of rotatable bonds is 7. The Morgan fingerprint density at radius 1 is 1.32 bits per heavy atom. The molecule has 0 radical (unpaired) electrons. The summed E-state index contributed by atoms with van der Waals surface area (Å²) in [5, 5.41) is 13.7. The van der Waals surface area contributed by atoms with Crippen LogP contribution in [0.5, 0.6) is 0 Å². The lowest BCUT2D eigenvalue weighted by atomic mass is 10.1. The van der Waals surface area contributed by atoms with E-state index < -0.39 is 29.6 Å². The minimum absolute atomic E-state index is 0.0922. The summed E-state index contributed by atoms with van der Waals surface area (Å²) in [7, 11) is 0. The van der Waals surface area contributed by atoms with E-state index in [0.29, 0.717) is 6.42 Å². The Kier molecular flexibility index (Phi) is 6.49. The zero-order valence-corrected chi connectivity index (χ0v) is 12.5. The van der Waals surface area contributed by atoms with Crippen LogP contribution in [0.4, 0.5) is 10.1 Å². The first kappa shape index (κ1) is 17.6. The maximum Gasteiger partial charge on any atom is 0.305 e. The van der Waals surface area contributed by atoms with Crippen molar-refractivity contribution in [1.29, 1.82) is 0 Å². The van der Waals surface area contributed by atoms with Gasteiger partial charge in [-0.25, -0.2) is 4.39 Å². The lowest BCUT2D eigenvalue weighted by Crippen LogP contribution is -2.36. The minimum atomic E-state index is -1.00. The number of carboxylic acid groups (broad SMARTS) is 1. The predicted octanol–water partition coefficient (Wildman–Crippen LogP) is 2.16. The molecule has 0 aromatic heterocycles. The molecule has 6 nitrogen and oxygen atoms in total. The molecule has 3 N–H and O–H groups in total. The third kappa shape index (κ3) is 5.51. The van der Waals surface area contributed by atoms with Gasteiger partial charge in [0, 0.05) is 18.5 Å². The van der Waals surface area contributed by atoms with E-state index >= 15 is 0 Å². The number of benzene rings is 1. The van der Waals surface area contributed by atoms with Crippen molar-refractivity contribution in [3.63, 3.8) is 0 Å². The van der Waals surface area contributed by atoms with Crippen LogP contribution in [0.25, 0.3) is 0 Å². The number of amides is 2. The highest BCUT2D eigenvalue weighted by atomic mass is 19.1. The maximum atomic E-state index is 13.5. The first-order valence-electron chi connectivity index (χ1n) is 6.93. The first-order valence-corrected chi connectivity index (χ1v) is 6.93. The number of carbonyl (C=O) groups excluding carboxylic acids is 2. The molecule has 0 spiro atoms. The van der Waals surface area contributed by atoms with Crippen molar-refractivity contribution in [3.8, 4) is 0 Å². The van der Waals surface area contributed by atoms with E-state index in [2.05, 4.69) is 10.6 Å². The lowest BCUT2D eigenvalue weighted by Gasteiger charge is -2.16. The minimum Gasteiger partial charge on any atom is -0.481 e. The SMILES string of the molecule is CCCC(CC(=O)O)NC(=O)c1ccc(F)c(NC(C)=O)c1.